The van der Waals surface area contributed by atoms with Crippen LogP contribution >= 0.6 is 0 Å². The molecule has 0 saturated heterocycles. The first-order valence-corrected chi connectivity index (χ1v) is 10.6. The highest BCUT2D eigenvalue weighted by atomic mass is 32.2. The summed E-state index contributed by atoms with van der Waals surface area (Å²) in [5.41, 5.74) is 6.24. The SMILES string of the molecule is Cc1ccc(S(=O)(=O)N/N=C2\Cc3c(-c4ccc(C#N)cc4C)cnn3C2)cc1. The van der Waals surface area contributed by atoms with Crippen molar-refractivity contribution >= 4 is 15.7 Å². The summed E-state index contributed by atoms with van der Waals surface area (Å²) in [6.07, 6.45) is 2.31. The molecular weight excluding hydrogens is 386 g/mol. The third kappa shape index (κ3) is 3.65. The summed E-state index contributed by atoms with van der Waals surface area (Å²) in [5.74, 6) is 0. The first-order chi connectivity index (χ1) is 13.9. The summed E-state index contributed by atoms with van der Waals surface area (Å²) in [6.45, 7) is 4.29. The third-order valence-corrected chi connectivity index (χ3v) is 6.18. The van der Waals surface area contributed by atoms with E-state index in [1.54, 1.807) is 36.5 Å². The Balaban J connectivity index is 1.56. The van der Waals surface area contributed by atoms with Gasteiger partial charge in [-0.15, -0.1) is 0 Å². The van der Waals surface area contributed by atoms with Crippen LogP contribution in [0.3, 0.4) is 0 Å². The van der Waals surface area contributed by atoms with Crippen molar-refractivity contribution in [3.63, 3.8) is 0 Å². The van der Waals surface area contributed by atoms with E-state index in [2.05, 4.69) is 21.1 Å². The van der Waals surface area contributed by atoms with Crippen molar-refractivity contribution in [1.82, 2.24) is 14.6 Å². The van der Waals surface area contributed by atoms with Gasteiger partial charge >= 0.3 is 0 Å². The summed E-state index contributed by atoms with van der Waals surface area (Å²) >= 11 is 0. The van der Waals surface area contributed by atoms with Crippen molar-refractivity contribution in [3.8, 4) is 17.2 Å². The molecule has 2 aromatic carbocycles. The van der Waals surface area contributed by atoms with E-state index in [-0.39, 0.29) is 4.90 Å². The van der Waals surface area contributed by atoms with Gasteiger partial charge in [0.2, 0.25) is 0 Å². The molecule has 0 atom stereocenters. The highest BCUT2D eigenvalue weighted by molar-refractivity contribution is 7.89. The molecular formula is C21H19N5O2S. The Morgan fingerprint density at radius 2 is 1.90 bits per heavy atom. The smallest absolute Gasteiger partial charge is 0.263 e. The fraction of sp³-hybridized carbons (Fsp3) is 0.190. The number of fused-ring (bicyclic) bond motifs is 1. The van der Waals surface area contributed by atoms with Crippen molar-refractivity contribution in [3.05, 3.63) is 71.0 Å². The molecule has 3 aromatic rings. The zero-order valence-corrected chi connectivity index (χ0v) is 16.9. The Morgan fingerprint density at radius 1 is 1.14 bits per heavy atom. The number of rotatable bonds is 4. The number of aryl methyl sites for hydroxylation is 2. The highest BCUT2D eigenvalue weighted by Crippen LogP contribution is 2.30. The van der Waals surface area contributed by atoms with Crippen LogP contribution in [-0.4, -0.2) is 23.9 Å². The molecule has 1 N–H and O–H groups in total. The summed E-state index contributed by atoms with van der Waals surface area (Å²) in [4.78, 5) is 2.51. The van der Waals surface area contributed by atoms with Gasteiger partial charge in [0.25, 0.3) is 10.0 Å². The van der Waals surface area contributed by atoms with Crippen molar-refractivity contribution < 1.29 is 8.42 Å². The Morgan fingerprint density at radius 3 is 2.59 bits per heavy atom. The van der Waals surface area contributed by atoms with Gasteiger partial charge in [-0.05, 0) is 49.2 Å². The number of hydrogen-bond acceptors (Lipinski definition) is 5. The van der Waals surface area contributed by atoms with Crippen LogP contribution in [0, 0.1) is 25.2 Å². The predicted molar refractivity (Wildman–Crippen MR) is 110 cm³/mol. The number of nitriles is 1. The second-order valence-electron chi connectivity index (χ2n) is 7.07. The highest BCUT2D eigenvalue weighted by Gasteiger charge is 2.24. The number of nitrogens with zero attached hydrogens (tertiary/aromatic N) is 4. The Labute approximate surface area is 169 Å². The van der Waals surface area contributed by atoms with Gasteiger partial charge in [0.15, 0.2) is 0 Å². The van der Waals surface area contributed by atoms with Crippen LogP contribution in [0.25, 0.3) is 11.1 Å². The van der Waals surface area contributed by atoms with Crippen LogP contribution in [0.2, 0.25) is 0 Å². The van der Waals surface area contributed by atoms with Crippen LogP contribution in [0.4, 0.5) is 0 Å². The lowest BCUT2D eigenvalue weighted by Crippen LogP contribution is -2.20. The molecule has 1 aromatic heterocycles. The summed E-state index contributed by atoms with van der Waals surface area (Å²) in [6, 6.07) is 14.3. The lowest BCUT2D eigenvalue weighted by molar-refractivity contribution is 0.584. The minimum absolute atomic E-state index is 0.178. The quantitative estimate of drug-likeness (QED) is 0.675. The maximum Gasteiger partial charge on any atom is 0.276 e. The molecule has 0 unspecified atom stereocenters. The van der Waals surface area contributed by atoms with Gasteiger partial charge in [0, 0.05) is 12.0 Å². The number of aromatic nitrogens is 2. The summed E-state index contributed by atoms with van der Waals surface area (Å²) in [7, 11) is -3.71. The van der Waals surface area contributed by atoms with Gasteiger partial charge in [-0.2, -0.15) is 23.9 Å². The molecule has 0 fully saturated rings. The lowest BCUT2D eigenvalue weighted by Gasteiger charge is -2.06. The third-order valence-electron chi connectivity index (χ3n) is 4.95. The largest absolute Gasteiger partial charge is 0.276 e. The van der Waals surface area contributed by atoms with Crippen molar-refractivity contribution in [2.75, 3.05) is 0 Å². The monoisotopic (exact) mass is 405 g/mol. The second-order valence-corrected chi connectivity index (χ2v) is 8.73. The summed E-state index contributed by atoms with van der Waals surface area (Å²) in [5, 5.41) is 17.6. The molecule has 0 bridgehead atoms. The average molecular weight is 405 g/mol. The first-order valence-electron chi connectivity index (χ1n) is 9.07. The minimum atomic E-state index is -3.71. The van der Waals surface area contributed by atoms with Crippen LogP contribution in [0.15, 0.2) is 58.7 Å². The van der Waals surface area contributed by atoms with Crippen molar-refractivity contribution in [2.24, 2.45) is 5.10 Å². The standard InChI is InChI=1S/C21H19N5O2S/c1-14-3-6-18(7-4-14)29(27,28)25-24-17-10-21-20(12-23-26(21)13-17)19-8-5-16(11-22)9-15(19)2/h3-9,12,25H,10,13H2,1-2H3/b24-17+. The van der Waals surface area contributed by atoms with Gasteiger partial charge < -0.3 is 0 Å². The Bertz CT molecular complexity index is 1270. The number of benzene rings is 2. The molecule has 7 nitrogen and oxygen atoms in total. The molecule has 0 aliphatic carbocycles. The Hall–Kier alpha value is -3.44. The second kappa shape index (κ2) is 7.18. The number of hydrazone groups is 1. The zero-order valence-electron chi connectivity index (χ0n) is 16.0. The minimum Gasteiger partial charge on any atom is -0.263 e. The summed E-state index contributed by atoms with van der Waals surface area (Å²) < 4.78 is 26.7. The lowest BCUT2D eigenvalue weighted by atomic mass is 9.98. The zero-order chi connectivity index (χ0) is 20.6. The number of hydrogen-bond donors (Lipinski definition) is 1. The van der Waals surface area contributed by atoms with E-state index in [0.29, 0.717) is 24.2 Å². The maximum atomic E-state index is 12.4. The van der Waals surface area contributed by atoms with Gasteiger partial charge in [0.05, 0.1) is 40.7 Å². The molecule has 0 radical (unpaired) electrons. The maximum absolute atomic E-state index is 12.4. The molecule has 8 heteroatoms. The molecule has 0 amide bonds. The molecule has 146 valence electrons. The van der Waals surface area contributed by atoms with E-state index < -0.39 is 10.0 Å². The van der Waals surface area contributed by atoms with Gasteiger partial charge in [-0.1, -0.05) is 23.8 Å². The molecule has 1 aliphatic heterocycles. The van der Waals surface area contributed by atoms with Crippen LogP contribution in [-0.2, 0) is 23.0 Å². The topological polar surface area (TPSA) is 100 Å². The van der Waals surface area contributed by atoms with Gasteiger partial charge in [-0.25, -0.2) is 4.83 Å². The van der Waals surface area contributed by atoms with Crippen molar-refractivity contribution in [1.29, 1.82) is 5.26 Å². The fourth-order valence-electron chi connectivity index (χ4n) is 3.39. The van der Waals surface area contributed by atoms with Crippen LogP contribution in [0.5, 0.6) is 0 Å². The van der Waals surface area contributed by atoms with Crippen molar-refractivity contribution in [2.45, 2.75) is 31.7 Å². The Kier molecular flexibility index (Phi) is 4.68. The van der Waals surface area contributed by atoms with Gasteiger partial charge in [0.1, 0.15) is 0 Å². The molecule has 0 saturated carbocycles. The average Bonchev–Trinajstić information content (AvgIpc) is 3.27. The predicted octanol–water partition coefficient (Wildman–Crippen LogP) is 2.93. The normalized spacial score (nSPS) is 14.6. The number of sulfonamides is 1. The van der Waals surface area contributed by atoms with Crippen LogP contribution < -0.4 is 4.83 Å². The molecule has 2 heterocycles. The van der Waals surface area contributed by atoms with E-state index in [4.69, 9.17) is 5.26 Å². The van der Waals surface area contributed by atoms with Gasteiger partial charge in [-0.3, -0.25) is 4.68 Å². The van der Waals surface area contributed by atoms with E-state index in [0.717, 1.165) is 27.9 Å². The van der Waals surface area contributed by atoms with E-state index in [1.165, 1.54) is 0 Å². The van der Waals surface area contributed by atoms with E-state index in [9.17, 15) is 8.42 Å². The molecule has 29 heavy (non-hydrogen) atoms. The molecule has 1 aliphatic rings. The van der Waals surface area contributed by atoms with E-state index in [1.807, 2.05) is 30.7 Å². The molecule has 0 spiro atoms. The first kappa shape index (κ1) is 18.9. The number of nitrogens with one attached hydrogen (secondary N) is 1. The van der Waals surface area contributed by atoms with Crippen LogP contribution in [0.1, 0.15) is 22.4 Å². The fourth-order valence-corrected chi connectivity index (χ4v) is 4.23. The molecule has 4 rings (SSSR count). The van der Waals surface area contributed by atoms with E-state index >= 15 is 0 Å².